The van der Waals surface area contributed by atoms with Crippen LogP contribution < -0.4 is 19.2 Å². The van der Waals surface area contributed by atoms with E-state index in [1.807, 2.05) is 0 Å². The van der Waals surface area contributed by atoms with Crippen LogP contribution in [0.4, 0.5) is 5.69 Å². The molecule has 10 heteroatoms. The highest BCUT2D eigenvalue weighted by molar-refractivity contribution is 7.92. The number of anilines is 1. The lowest BCUT2D eigenvalue weighted by Gasteiger charge is -2.23. The summed E-state index contributed by atoms with van der Waals surface area (Å²) in [4.78, 5) is 12.3. The number of nitrogens with zero attached hydrogens (tertiary/aromatic N) is 2. The molecule has 2 aromatic carbocycles. The number of ether oxygens (including phenoxy) is 2. The lowest BCUT2D eigenvalue weighted by atomic mass is 10.2. The van der Waals surface area contributed by atoms with Gasteiger partial charge in [-0.15, -0.1) is 0 Å². The molecule has 156 valence electrons. The van der Waals surface area contributed by atoms with Crippen molar-refractivity contribution in [1.29, 1.82) is 0 Å². The van der Waals surface area contributed by atoms with E-state index in [1.165, 1.54) is 19.4 Å². The van der Waals surface area contributed by atoms with Gasteiger partial charge in [-0.3, -0.25) is 9.10 Å². The maximum absolute atomic E-state index is 12.3. The molecule has 0 unspecified atom stereocenters. The number of hydrogen-bond acceptors (Lipinski definition) is 7. The molecular formula is C19H23N3O6S. The third kappa shape index (κ3) is 6.11. The molecule has 0 aliphatic heterocycles. The Hall–Kier alpha value is -3.27. The summed E-state index contributed by atoms with van der Waals surface area (Å²) >= 11 is 0. The molecule has 0 radical (unpaired) electrons. The first-order chi connectivity index (χ1) is 13.8. The van der Waals surface area contributed by atoms with E-state index >= 15 is 0 Å². The lowest BCUT2D eigenvalue weighted by molar-refractivity contribution is -0.119. The molecule has 0 heterocycles. The van der Waals surface area contributed by atoms with Gasteiger partial charge in [-0.2, -0.15) is 5.10 Å². The number of rotatable bonds is 9. The molecule has 0 aromatic heterocycles. The van der Waals surface area contributed by atoms with Gasteiger partial charge in [0.15, 0.2) is 11.5 Å². The molecule has 0 fully saturated rings. The van der Waals surface area contributed by atoms with Crippen molar-refractivity contribution in [3.63, 3.8) is 0 Å². The Labute approximate surface area is 169 Å². The Bertz CT molecular complexity index is 991. The van der Waals surface area contributed by atoms with E-state index in [9.17, 15) is 18.3 Å². The van der Waals surface area contributed by atoms with Gasteiger partial charge in [0, 0.05) is 0 Å². The summed E-state index contributed by atoms with van der Waals surface area (Å²) in [7, 11) is -2.33. The number of phenolic OH excluding ortho intramolecular Hbond substituents is 1. The van der Waals surface area contributed by atoms with Gasteiger partial charge in [0.05, 0.1) is 31.9 Å². The molecule has 0 atom stereocenters. The van der Waals surface area contributed by atoms with Crippen LogP contribution in [-0.2, 0) is 14.8 Å². The van der Waals surface area contributed by atoms with Crippen LogP contribution in [0.1, 0.15) is 12.5 Å². The van der Waals surface area contributed by atoms with Crippen molar-refractivity contribution in [3.8, 4) is 17.2 Å². The third-order valence-corrected chi connectivity index (χ3v) is 4.85. The third-order valence-electron chi connectivity index (χ3n) is 3.73. The van der Waals surface area contributed by atoms with Gasteiger partial charge in [-0.05, 0) is 42.8 Å². The number of nitrogens with one attached hydrogen (secondary N) is 1. The molecule has 0 spiro atoms. The van der Waals surface area contributed by atoms with Gasteiger partial charge in [-0.25, -0.2) is 13.8 Å². The minimum Gasteiger partial charge on any atom is -0.504 e. The maximum Gasteiger partial charge on any atom is 0.260 e. The Balaban J connectivity index is 2.11. The summed E-state index contributed by atoms with van der Waals surface area (Å²) in [5, 5.41) is 13.5. The maximum atomic E-state index is 12.3. The number of hydrazone groups is 1. The van der Waals surface area contributed by atoms with Crippen molar-refractivity contribution in [1.82, 2.24) is 5.43 Å². The van der Waals surface area contributed by atoms with Crippen molar-refractivity contribution in [2.24, 2.45) is 5.10 Å². The summed E-state index contributed by atoms with van der Waals surface area (Å²) in [6, 6.07) is 11.1. The van der Waals surface area contributed by atoms with Crippen LogP contribution in [0.2, 0.25) is 0 Å². The number of methoxy groups -OCH3 is 1. The minimum absolute atomic E-state index is 0.00589. The SMILES string of the molecule is CCOc1cc(/C=N\NC(=O)CN(c2ccccc2OC)S(C)(=O)=O)ccc1O. The Kier molecular flexibility index (Phi) is 7.43. The first-order valence-electron chi connectivity index (χ1n) is 8.64. The van der Waals surface area contributed by atoms with E-state index in [0.29, 0.717) is 23.7 Å². The van der Waals surface area contributed by atoms with Crippen LogP contribution >= 0.6 is 0 Å². The summed E-state index contributed by atoms with van der Waals surface area (Å²) < 4.78 is 35.8. The van der Waals surface area contributed by atoms with Gasteiger partial charge in [-0.1, -0.05) is 12.1 Å². The molecule has 29 heavy (non-hydrogen) atoms. The first kappa shape index (κ1) is 22.0. The first-order valence-corrected chi connectivity index (χ1v) is 10.5. The Morgan fingerprint density at radius 1 is 1.24 bits per heavy atom. The normalized spacial score (nSPS) is 11.3. The average Bonchev–Trinajstić information content (AvgIpc) is 2.68. The standard InChI is InChI=1S/C19H23N3O6S/c1-4-28-18-11-14(9-10-16(18)23)12-20-21-19(24)13-22(29(3,25)26)15-7-5-6-8-17(15)27-2/h5-12,23H,4,13H2,1-3H3,(H,21,24)/b20-12-. The van der Waals surface area contributed by atoms with E-state index in [4.69, 9.17) is 9.47 Å². The van der Waals surface area contributed by atoms with Crippen LogP contribution in [0.15, 0.2) is 47.6 Å². The minimum atomic E-state index is -3.74. The second kappa shape index (κ2) is 9.78. The number of sulfonamides is 1. The van der Waals surface area contributed by atoms with Crippen molar-refractivity contribution >= 4 is 27.8 Å². The quantitative estimate of drug-likeness (QED) is 0.470. The number of phenols is 1. The zero-order chi connectivity index (χ0) is 21.4. The number of aromatic hydroxyl groups is 1. The van der Waals surface area contributed by atoms with Gasteiger partial charge < -0.3 is 14.6 Å². The van der Waals surface area contributed by atoms with E-state index in [2.05, 4.69) is 10.5 Å². The number of carbonyl (C=O) groups is 1. The average molecular weight is 421 g/mol. The summed E-state index contributed by atoms with van der Waals surface area (Å²) in [5.74, 6) is -0.0287. The number of para-hydroxylation sites is 2. The van der Waals surface area contributed by atoms with E-state index in [1.54, 1.807) is 43.3 Å². The molecular weight excluding hydrogens is 398 g/mol. The number of carbonyl (C=O) groups excluding carboxylic acids is 1. The molecule has 2 N–H and O–H groups in total. The van der Waals surface area contributed by atoms with E-state index < -0.39 is 22.5 Å². The largest absolute Gasteiger partial charge is 0.504 e. The predicted octanol–water partition coefficient (Wildman–Crippen LogP) is 1.72. The van der Waals surface area contributed by atoms with Crippen LogP contribution in [0, 0.1) is 0 Å². The molecule has 2 rings (SSSR count). The van der Waals surface area contributed by atoms with Crippen molar-refractivity contribution in [2.45, 2.75) is 6.92 Å². The molecule has 0 aliphatic rings. The fraction of sp³-hybridized carbons (Fsp3) is 0.263. The van der Waals surface area contributed by atoms with Gasteiger partial charge in [0.1, 0.15) is 12.3 Å². The number of hydrogen-bond donors (Lipinski definition) is 2. The fourth-order valence-electron chi connectivity index (χ4n) is 2.44. The zero-order valence-electron chi connectivity index (χ0n) is 16.3. The summed E-state index contributed by atoms with van der Waals surface area (Å²) in [6.07, 6.45) is 2.36. The smallest absolute Gasteiger partial charge is 0.260 e. The van der Waals surface area contributed by atoms with Crippen LogP contribution in [-0.4, -0.2) is 52.2 Å². The summed E-state index contributed by atoms with van der Waals surface area (Å²) in [5.41, 5.74) is 3.11. The predicted molar refractivity (Wildman–Crippen MR) is 110 cm³/mol. The molecule has 0 bridgehead atoms. The van der Waals surface area contributed by atoms with Crippen LogP contribution in [0.3, 0.4) is 0 Å². The molecule has 1 amide bonds. The van der Waals surface area contributed by atoms with Gasteiger partial charge in [0.2, 0.25) is 10.0 Å². The molecule has 0 saturated heterocycles. The Morgan fingerprint density at radius 2 is 1.97 bits per heavy atom. The van der Waals surface area contributed by atoms with E-state index in [-0.39, 0.29) is 11.4 Å². The highest BCUT2D eigenvalue weighted by Gasteiger charge is 2.23. The molecule has 2 aromatic rings. The Morgan fingerprint density at radius 3 is 2.62 bits per heavy atom. The molecule has 0 aliphatic carbocycles. The van der Waals surface area contributed by atoms with Crippen molar-refractivity contribution in [3.05, 3.63) is 48.0 Å². The van der Waals surface area contributed by atoms with Crippen LogP contribution in [0.25, 0.3) is 0 Å². The highest BCUT2D eigenvalue weighted by atomic mass is 32.2. The number of benzene rings is 2. The van der Waals surface area contributed by atoms with Crippen molar-refractivity contribution in [2.75, 3.05) is 30.8 Å². The van der Waals surface area contributed by atoms with Crippen LogP contribution in [0.5, 0.6) is 17.2 Å². The fourth-order valence-corrected chi connectivity index (χ4v) is 3.30. The topological polar surface area (TPSA) is 118 Å². The highest BCUT2D eigenvalue weighted by Crippen LogP contribution is 2.29. The zero-order valence-corrected chi connectivity index (χ0v) is 17.1. The van der Waals surface area contributed by atoms with Gasteiger partial charge >= 0.3 is 0 Å². The summed E-state index contributed by atoms with van der Waals surface area (Å²) in [6.45, 7) is 1.70. The van der Waals surface area contributed by atoms with Crippen molar-refractivity contribution < 1.29 is 27.8 Å². The van der Waals surface area contributed by atoms with Gasteiger partial charge in [0.25, 0.3) is 5.91 Å². The second-order valence-electron chi connectivity index (χ2n) is 5.89. The molecule has 9 nitrogen and oxygen atoms in total. The number of amides is 1. The molecule has 0 saturated carbocycles. The second-order valence-corrected chi connectivity index (χ2v) is 7.80. The lowest BCUT2D eigenvalue weighted by Crippen LogP contribution is -2.39. The monoisotopic (exact) mass is 421 g/mol. The van der Waals surface area contributed by atoms with E-state index in [0.717, 1.165) is 10.6 Å².